The Kier molecular flexibility index (Phi) is 8.46. The van der Waals surface area contributed by atoms with E-state index in [1.807, 2.05) is 30.2 Å². The third-order valence-corrected chi connectivity index (χ3v) is 6.04. The van der Waals surface area contributed by atoms with E-state index >= 15 is 0 Å². The second-order valence-corrected chi connectivity index (χ2v) is 8.28. The Labute approximate surface area is 198 Å². The van der Waals surface area contributed by atoms with Gasteiger partial charge >= 0.3 is 0 Å². The molecule has 0 spiro atoms. The van der Waals surface area contributed by atoms with E-state index in [1.165, 1.54) is 9.71 Å². The zero-order valence-electron chi connectivity index (χ0n) is 17.5. The van der Waals surface area contributed by atoms with Crippen molar-refractivity contribution in [1.29, 1.82) is 0 Å². The fraction of sp³-hybridized carbons (Fsp3) is 0.476. The van der Waals surface area contributed by atoms with E-state index in [1.54, 1.807) is 11.3 Å². The number of rotatable bonds is 6. The predicted molar refractivity (Wildman–Crippen MR) is 133 cm³/mol. The molecule has 3 heterocycles. The van der Waals surface area contributed by atoms with Crippen molar-refractivity contribution >= 4 is 51.5 Å². The average molecular weight is 540 g/mol. The summed E-state index contributed by atoms with van der Waals surface area (Å²) >= 11 is 1.78. The van der Waals surface area contributed by atoms with Crippen LogP contribution in [0.15, 0.2) is 41.7 Å². The second-order valence-electron chi connectivity index (χ2n) is 7.17. The smallest absolute Gasteiger partial charge is 0.194 e. The number of nitrogens with zero attached hydrogens (tertiary/aromatic N) is 5. The van der Waals surface area contributed by atoms with Gasteiger partial charge in [-0.2, -0.15) is 5.10 Å². The van der Waals surface area contributed by atoms with E-state index in [-0.39, 0.29) is 30.1 Å². The predicted octanol–water partition coefficient (Wildman–Crippen LogP) is 3.62. The maximum atomic E-state index is 5.96. The van der Waals surface area contributed by atoms with E-state index < -0.39 is 0 Å². The number of para-hydroxylation sites is 1. The highest BCUT2D eigenvalue weighted by Crippen LogP contribution is 2.23. The summed E-state index contributed by atoms with van der Waals surface area (Å²) in [7, 11) is 1.93. The van der Waals surface area contributed by atoms with Gasteiger partial charge in [0.15, 0.2) is 5.96 Å². The van der Waals surface area contributed by atoms with Crippen molar-refractivity contribution in [3.05, 3.63) is 47.2 Å². The van der Waals surface area contributed by atoms with E-state index in [2.05, 4.69) is 40.4 Å². The first-order chi connectivity index (χ1) is 14.2. The molecule has 0 saturated carbocycles. The van der Waals surface area contributed by atoms with Gasteiger partial charge in [0.25, 0.3) is 0 Å². The topological polar surface area (TPSA) is 67.6 Å². The molecule has 0 amide bonds. The minimum atomic E-state index is 0. The quantitative estimate of drug-likeness (QED) is 0.224. The number of benzene rings is 1. The van der Waals surface area contributed by atoms with E-state index in [0.29, 0.717) is 6.61 Å². The number of ether oxygens (including phenoxy) is 1. The van der Waals surface area contributed by atoms with Gasteiger partial charge in [-0.05, 0) is 25.5 Å². The van der Waals surface area contributed by atoms with E-state index in [9.17, 15) is 0 Å². The third kappa shape index (κ3) is 5.70. The molecule has 1 saturated heterocycles. The number of morpholine rings is 1. The fourth-order valence-electron chi connectivity index (χ4n) is 3.52. The van der Waals surface area contributed by atoms with Crippen LogP contribution in [0.3, 0.4) is 0 Å². The highest BCUT2D eigenvalue weighted by atomic mass is 127. The number of aliphatic imine (C=N–C) groups is 1. The number of nitrogens with one attached hydrogen (secondary N) is 1. The maximum absolute atomic E-state index is 5.96. The number of thiazole rings is 1. The molecule has 3 aromatic rings. The van der Waals surface area contributed by atoms with Crippen molar-refractivity contribution in [3.63, 3.8) is 0 Å². The molecule has 1 aliphatic heterocycles. The zero-order valence-corrected chi connectivity index (χ0v) is 20.6. The van der Waals surface area contributed by atoms with E-state index in [4.69, 9.17) is 14.7 Å². The Morgan fingerprint density at radius 2 is 2.23 bits per heavy atom. The Hall–Kier alpha value is -1.72. The lowest BCUT2D eigenvalue weighted by Crippen LogP contribution is -2.48. The number of hydrogen-bond donors (Lipinski definition) is 1. The van der Waals surface area contributed by atoms with Gasteiger partial charge in [-0.1, -0.05) is 12.1 Å². The second kappa shape index (κ2) is 11.1. The van der Waals surface area contributed by atoms with Crippen LogP contribution >= 0.6 is 35.3 Å². The van der Waals surface area contributed by atoms with Gasteiger partial charge in [0, 0.05) is 44.9 Å². The Balaban J connectivity index is 0.00000256. The minimum Gasteiger partial charge on any atom is -0.370 e. The molecule has 1 atom stereocenters. The number of hydrogen-bond acceptors (Lipinski definition) is 5. The van der Waals surface area contributed by atoms with Crippen molar-refractivity contribution in [2.24, 2.45) is 12.0 Å². The Bertz CT molecular complexity index is 938. The summed E-state index contributed by atoms with van der Waals surface area (Å²) in [4.78, 5) is 11.9. The van der Waals surface area contributed by atoms with Crippen molar-refractivity contribution in [1.82, 2.24) is 25.0 Å². The molecule has 0 radical (unpaired) electrons. The summed E-state index contributed by atoms with van der Waals surface area (Å²) < 4.78 is 9.04. The van der Waals surface area contributed by atoms with Crippen molar-refractivity contribution in [2.45, 2.75) is 25.9 Å². The summed E-state index contributed by atoms with van der Waals surface area (Å²) in [6, 6.07) is 8.32. The third-order valence-electron chi connectivity index (χ3n) is 4.95. The molecule has 0 bridgehead atoms. The van der Waals surface area contributed by atoms with Gasteiger partial charge in [-0.25, -0.2) is 4.98 Å². The van der Waals surface area contributed by atoms with Gasteiger partial charge in [0.2, 0.25) is 0 Å². The van der Waals surface area contributed by atoms with Crippen LogP contribution in [0.2, 0.25) is 0 Å². The summed E-state index contributed by atoms with van der Waals surface area (Å²) in [5, 5.41) is 8.90. The summed E-state index contributed by atoms with van der Waals surface area (Å²) in [6.07, 6.45) is 5.89. The molecule has 7 nitrogen and oxygen atoms in total. The van der Waals surface area contributed by atoms with Crippen molar-refractivity contribution < 1.29 is 4.74 Å². The molecule has 162 valence electrons. The monoisotopic (exact) mass is 540 g/mol. The lowest BCUT2D eigenvalue weighted by Gasteiger charge is -2.34. The number of aryl methyl sites for hydroxylation is 2. The Morgan fingerprint density at radius 1 is 1.37 bits per heavy atom. The summed E-state index contributed by atoms with van der Waals surface area (Å²) in [5.41, 5.74) is 2.21. The molecule has 1 fully saturated rings. The van der Waals surface area contributed by atoms with Gasteiger partial charge in [-0.15, -0.1) is 35.3 Å². The SMILES string of the molecule is CCNC(=NCCCc1nc2ccccc2s1)N1CCOC(c2cnn(C)c2)C1.I. The van der Waals surface area contributed by atoms with Crippen LogP contribution in [0, 0.1) is 0 Å². The standard InChI is InChI=1S/C21H28N6OS.HI/c1-3-22-21(27-11-12-28-18(15-27)16-13-24-26(2)14-16)23-10-6-9-20-25-17-7-4-5-8-19(17)29-20;/h4-5,7-8,13-14,18H,3,6,9-12,15H2,1-2H3,(H,22,23);1H. The van der Waals surface area contributed by atoms with Crippen molar-refractivity contribution in [2.75, 3.05) is 32.8 Å². The fourth-order valence-corrected chi connectivity index (χ4v) is 4.53. The van der Waals surface area contributed by atoms with Crippen LogP contribution in [0.5, 0.6) is 0 Å². The largest absolute Gasteiger partial charge is 0.370 e. The van der Waals surface area contributed by atoms with Crippen LogP contribution in [0.25, 0.3) is 10.2 Å². The molecule has 9 heteroatoms. The molecular formula is C21H29IN6OS. The Morgan fingerprint density at radius 3 is 3.00 bits per heavy atom. The van der Waals surface area contributed by atoms with Gasteiger partial charge in [-0.3, -0.25) is 9.67 Å². The summed E-state index contributed by atoms with van der Waals surface area (Å²) in [6.45, 7) is 6.07. The number of aromatic nitrogens is 3. The highest BCUT2D eigenvalue weighted by molar-refractivity contribution is 14.0. The molecule has 1 N–H and O–H groups in total. The molecule has 1 aromatic carbocycles. The molecule has 0 aliphatic carbocycles. The molecule has 2 aromatic heterocycles. The molecule has 4 rings (SSSR count). The van der Waals surface area contributed by atoms with Crippen LogP contribution in [-0.2, 0) is 18.2 Å². The van der Waals surface area contributed by atoms with Gasteiger partial charge in [0.05, 0.1) is 34.6 Å². The van der Waals surface area contributed by atoms with Crippen LogP contribution < -0.4 is 5.32 Å². The first-order valence-electron chi connectivity index (χ1n) is 10.2. The number of fused-ring (bicyclic) bond motifs is 1. The van der Waals surface area contributed by atoms with Gasteiger partial charge in [0.1, 0.15) is 6.10 Å². The van der Waals surface area contributed by atoms with Crippen molar-refractivity contribution in [3.8, 4) is 0 Å². The molecule has 1 unspecified atom stereocenters. The summed E-state index contributed by atoms with van der Waals surface area (Å²) in [5.74, 6) is 0.967. The van der Waals surface area contributed by atoms with Gasteiger partial charge < -0.3 is 15.0 Å². The molecule has 1 aliphatic rings. The molecular weight excluding hydrogens is 511 g/mol. The van der Waals surface area contributed by atoms with Crippen LogP contribution in [-0.4, -0.2) is 58.4 Å². The van der Waals surface area contributed by atoms with E-state index in [0.717, 1.165) is 56.1 Å². The highest BCUT2D eigenvalue weighted by Gasteiger charge is 2.25. The minimum absolute atomic E-state index is 0. The lowest BCUT2D eigenvalue weighted by atomic mass is 10.1. The molecule has 30 heavy (non-hydrogen) atoms. The first-order valence-corrected chi connectivity index (χ1v) is 11.0. The number of halogens is 1. The van der Waals surface area contributed by atoms with Crippen LogP contribution in [0.4, 0.5) is 0 Å². The zero-order chi connectivity index (χ0) is 20.1. The average Bonchev–Trinajstić information content (AvgIpc) is 3.36. The van der Waals surface area contributed by atoms with Crippen LogP contribution in [0.1, 0.15) is 30.0 Å². The lowest BCUT2D eigenvalue weighted by molar-refractivity contribution is -0.00804. The number of guanidine groups is 1. The normalized spacial score (nSPS) is 17.2. The first kappa shape index (κ1) is 23.0. The maximum Gasteiger partial charge on any atom is 0.194 e.